The number of aliphatic carboxylic acids is 2. The summed E-state index contributed by atoms with van der Waals surface area (Å²) in [5, 5.41) is 21.3. The zero-order chi connectivity index (χ0) is 20.2. The van der Waals surface area contributed by atoms with Gasteiger partial charge in [0.1, 0.15) is 13.1 Å². The molecule has 2 aromatic rings. The van der Waals surface area contributed by atoms with Crippen molar-refractivity contribution in [3.05, 3.63) is 30.6 Å². The van der Waals surface area contributed by atoms with Crippen LogP contribution in [-0.2, 0) is 19.6 Å². The lowest BCUT2D eigenvalue weighted by molar-refractivity contribution is -0.139. The van der Waals surface area contributed by atoms with Crippen molar-refractivity contribution >= 4 is 68.6 Å². The fourth-order valence-corrected chi connectivity index (χ4v) is 3.67. The van der Waals surface area contributed by atoms with Crippen molar-refractivity contribution in [1.29, 1.82) is 0 Å². The van der Waals surface area contributed by atoms with E-state index in [1.165, 1.54) is 30.6 Å². The number of halogens is 2. The second-order valence-electron chi connectivity index (χ2n) is 5.23. The Balaban J connectivity index is 0.00000392. The Labute approximate surface area is 170 Å². The molecule has 1 heterocycles. The molecule has 14 heteroatoms. The molecule has 0 unspecified atom stereocenters. The van der Waals surface area contributed by atoms with E-state index in [1.807, 2.05) is 0 Å². The smallest absolute Gasteiger partial charge is 0.318 e. The average Bonchev–Trinajstić information content (AvgIpc) is 2.60. The summed E-state index contributed by atoms with van der Waals surface area (Å²) in [6.07, 6.45) is 2.80. The van der Waals surface area contributed by atoms with Gasteiger partial charge in [-0.1, -0.05) is 6.07 Å². The van der Waals surface area contributed by atoms with Crippen LogP contribution in [0, 0.1) is 0 Å². The normalized spacial score (nSPS) is 11.9. The van der Waals surface area contributed by atoms with Gasteiger partial charge in [-0.3, -0.25) is 14.6 Å². The Morgan fingerprint density at radius 3 is 2.36 bits per heavy atom. The van der Waals surface area contributed by atoms with E-state index < -0.39 is 35.1 Å². The highest BCUT2D eigenvalue weighted by Crippen LogP contribution is 2.26. The van der Waals surface area contributed by atoms with E-state index in [2.05, 4.69) is 14.8 Å². The van der Waals surface area contributed by atoms with Crippen LogP contribution in [0.25, 0.3) is 10.8 Å². The van der Waals surface area contributed by atoms with Crippen molar-refractivity contribution in [2.45, 2.75) is 4.90 Å². The monoisotopic (exact) mass is 451 g/mol. The second-order valence-corrected chi connectivity index (χ2v) is 7.33. The van der Waals surface area contributed by atoms with Gasteiger partial charge < -0.3 is 21.3 Å². The molecule has 1 aromatic carbocycles. The molecular weight excluding hydrogens is 437 g/mol. The number of hydrogen-bond acceptors (Lipinski definition) is 6. The number of hydrogen-bond donors (Lipinski definition) is 4. The molecule has 0 spiro atoms. The molecule has 2 rings (SSSR count). The van der Waals surface area contributed by atoms with Crippen LogP contribution in [-0.4, -0.2) is 58.9 Å². The number of anilines is 1. The lowest BCUT2D eigenvalue weighted by Gasteiger charge is -2.18. The van der Waals surface area contributed by atoms with Gasteiger partial charge in [0, 0.05) is 28.7 Å². The predicted molar refractivity (Wildman–Crippen MR) is 104 cm³/mol. The van der Waals surface area contributed by atoms with Gasteiger partial charge in [-0.05, 0) is 12.1 Å². The SMILES string of the molecule is Cl.NC(=NCl)Nc1cncc2cc(S(=O)(=O)N(CC(=O)O)CC(=O)O)ccc12. The minimum Gasteiger partial charge on any atom is -0.480 e. The fraction of sp³-hybridized carbons (Fsp3) is 0.143. The highest BCUT2D eigenvalue weighted by molar-refractivity contribution is 7.89. The van der Waals surface area contributed by atoms with Crippen LogP contribution in [0.3, 0.4) is 0 Å². The highest BCUT2D eigenvalue weighted by Gasteiger charge is 2.29. The molecular formula is C14H15Cl2N5O6S. The van der Waals surface area contributed by atoms with Gasteiger partial charge >= 0.3 is 11.9 Å². The molecule has 0 aliphatic heterocycles. The number of carboxylic acids is 2. The van der Waals surface area contributed by atoms with Crippen molar-refractivity contribution in [2.24, 2.45) is 10.2 Å². The molecule has 0 aliphatic carbocycles. The second kappa shape index (κ2) is 9.50. The third kappa shape index (κ3) is 5.42. The van der Waals surface area contributed by atoms with Gasteiger partial charge in [0.25, 0.3) is 0 Å². The number of carbonyl (C=O) groups is 2. The van der Waals surface area contributed by atoms with Crippen LogP contribution < -0.4 is 11.1 Å². The molecule has 0 bridgehead atoms. The van der Waals surface area contributed by atoms with Gasteiger partial charge in [-0.15, -0.1) is 16.9 Å². The number of nitrogens with two attached hydrogens (primary N) is 1. The molecule has 11 nitrogen and oxygen atoms in total. The van der Waals surface area contributed by atoms with Gasteiger partial charge in [0.2, 0.25) is 16.0 Å². The summed E-state index contributed by atoms with van der Waals surface area (Å²) in [6.45, 7) is -1.98. The molecule has 28 heavy (non-hydrogen) atoms. The highest BCUT2D eigenvalue weighted by atomic mass is 35.5. The number of guanidine groups is 1. The number of nitrogens with zero attached hydrogens (tertiary/aromatic N) is 3. The zero-order valence-electron chi connectivity index (χ0n) is 13.9. The van der Waals surface area contributed by atoms with E-state index in [9.17, 15) is 18.0 Å². The van der Waals surface area contributed by atoms with Crippen LogP contribution in [0.5, 0.6) is 0 Å². The predicted octanol–water partition coefficient (Wildman–Crippen LogP) is 0.697. The van der Waals surface area contributed by atoms with Crippen LogP contribution >= 0.6 is 24.2 Å². The van der Waals surface area contributed by atoms with E-state index in [4.69, 9.17) is 27.7 Å². The Bertz CT molecular complexity index is 1010. The first-order valence-electron chi connectivity index (χ1n) is 7.18. The Morgan fingerprint density at radius 1 is 1.21 bits per heavy atom. The molecule has 152 valence electrons. The summed E-state index contributed by atoms with van der Waals surface area (Å²) in [5.41, 5.74) is 5.90. The topological polar surface area (TPSA) is 175 Å². The maximum atomic E-state index is 12.7. The fourth-order valence-electron chi connectivity index (χ4n) is 2.25. The average molecular weight is 452 g/mol. The molecule has 5 N–H and O–H groups in total. The van der Waals surface area contributed by atoms with Crippen LogP contribution in [0.2, 0.25) is 0 Å². The van der Waals surface area contributed by atoms with Crippen molar-refractivity contribution in [1.82, 2.24) is 9.29 Å². The minimum atomic E-state index is -4.37. The largest absolute Gasteiger partial charge is 0.480 e. The number of nitrogens with one attached hydrogen (secondary N) is 1. The minimum absolute atomic E-state index is 0. The molecule has 0 saturated carbocycles. The van der Waals surface area contributed by atoms with Crippen molar-refractivity contribution < 1.29 is 28.2 Å². The first-order chi connectivity index (χ1) is 12.6. The molecule has 0 fully saturated rings. The van der Waals surface area contributed by atoms with Crippen LogP contribution in [0.4, 0.5) is 5.69 Å². The van der Waals surface area contributed by atoms with Crippen molar-refractivity contribution in [3.63, 3.8) is 0 Å². The van der Waals surface area contributed by atoms with Crippen LogP contribution in [0.1, 0.15) is 0 Å². The maximum absolute atomic E-state index is 12.7. The third-order valence-corrected chi connectivity index (χ3v) is 5.32. The number of pyridine rings is 1. The van der Waals surface area contributed by atoms with Gasteiger partial charge in [-0.2, -0.15) is 4.31 Å². The molecule has 0 saturated heterocycles. The first-order valence-corrected chi connectivity index (χ1v) is 8.96. The van der Waals surface area contributed by atoms with E-state index in [-0.39, 0.29) is 23.3 Å². The maximum Gasteiger partial charge on any atom is 0.318 e. The van der Waals surface area contributed by atoms with E-state index in [0.29, 0.717) is 20.8 Å². The molecule has 0 amide bonds. The summed E-state index contributed by atoms with van der Waals surface area (Å²) in [5.74, 6) is -3.06. The number of benzene rings is 1. The lowest BCUT2D eigenvalue weighted by Crippen LogP contribution is -2.39. The Kier molecular flexibility index (Phi) is 7.93. The number of aromatic nitrogens is 1. The Hall–Kier alpha value is -2.67. The summed E-state index contributed by atoms with van der Waals surface area (Å²) < 4.78 is 28.9. The zero-order valence-corrected chi connectivity index (χ0v) is 16.3. The molecule has 1 aromatic heterocycles. The molecule has 0 aliphatic rings. The summed E-state index contributed by atoms with van der Waals surface area (Å²) in [6, 6.07) is 3.90. The van der Waals surface area contributed by atoms with Crippen LogP contribution in [0.15, 0.2) is 40.0 Å². The lowest BCUT2D eigenvalue weighted by atomic mass is 10.1. The van der Waals surface area contributed by atoms with E-state index in [1.54, 1.807) is 0 Å². The number of sulfonamides is 1. The number of fused-ring (bicyclic) bond motifs is 1. The number of carboxylic acid groups (broad SMARTS) is 2. The van der Waals surface area contributed by atoms with Gasteiger partial charge in [0.05, 0.1) is 16.8 Å². The number of rotatable bonds is 7. The first kappa shape index (κ1) is 23.4. The van der Waals surface area contributed by atoms with Gasteiger partial charge in [-0.25, -0.2) is 8.42 Å². The van der Waals surface area contributed by atoms with Gasteiger partial charge in [0.15, 0.2) is 0 Å². The van der Waals surface area contributed by atoms with E-state index in [0.717, 1.165) is 0 Å². The summed E-state index contributed by atoms with van der Waals surface area (Å²) in [7, 11) is -4.37. The Morgan fingerprint density at radius 2 is 1.82 bits per heavy atom. The quantitative estimate of drug-likeness (QED) is 0.348. The molecule has 0 atom stereocenters. The molecule has 0 radical (unpaired) electrons. The summed E-state index contributed by atoms with van der Waals surface area (Å²) in [4.78, 5) is 25.5. The van der Waals surface area contributed by atoms with E-state index >= 15 is 0 Å². The third-order valence-electron chi connectivity index (χ3n) is 3.35. The van der Waals surface area contributed by atoms with Crippen molar-refractivity contribution in [2.75, 3.05) is 18.4 Å². The summed E-state index contributed by atoms with van der Waals surface area (Å²) >= 11 is 5.26. The van der Waals surface area contributed by atoms with Crippen molar-refractivity contribution in [3.8, 4) is 0 Å². The standard InChI is InChI=1S/C14H14ClN5O6S.ClH/c15-19-14(16)18-11-5-17-4-8-3-9(1-2-10(8)11)27(25,26)20(6-12(21)22)7-13(23)24;/h1-5H,6-7H2,(H,21,22)(H,23,24)(H3,16,18,19);1H.